The minimum Gasteiger partial charge on any atom is -0.258 e. The Bertz CT molecular complexity index is 1830. The summed E-state index contributed by atoms with van der Waals surface area (Å²) in [7, 11) is 0. The number of nitro groups is 1. The van der Waals surface area contributed by atoms with Crippen molar-refractivity contribution in [1.82, 2.24) is 0 Å². The van der Waals surface area contributed by atoms with E-state index in [1.807, 2.05) is 86.6 Å². The van der Waals surface area contributed by atoms with Gasteiger partial charge < -0.3 is 0 Å². The molecule has 6 aromatic rings. The zero-order valence-electron chi connectivity index (χ0n) is 19.6. The predicted molar refractivity (Wildman–Crippen MR) is 148 cm³/mol. The molecule has 1 heterocycles. The molecular formula is C29H20BrNO2S. The zero-order valence-corrected chi connectivity index (χ0v) is 21.0. The van der Waals surface area contributed by atoms with Crippen molar-refractivity contribution < 1.29 is 6.29 Å². The molecule has 0 aliphatic rings. The van der Waals surface area contributed by atoms with Crippen molar-refractivity contribution in [3.05, 3.63) is 101 Å². The van der Waals surface area contributed by atoms with Gasteiger partial charge >= 0.3 is 0 Å². The van der Waals surface area contributed by atoms with Gasteiger partial charge in [0.2, 0.25) is 0 Å². The number of alkyl halides is 1. The highest BCUT2D eigenvalue weighted by molar-refractivity contribution is 9.09. The molecule has 0 aliphatic carbocycles. The van der Waals surface area contributed by atoms with E-state index in [0.29, 0.717) is 16.3 Å². The molecule has 5 aromatic carbocycles. The van der Waals surface area contributed by atoms with Crippen LogP contribution in [0.25, 0.3) is 52.8 Å². The van der Waals surface area contributed by atoms with Crippen LogP contribution in [-0.4, -0.2) is 4.92 Å². The van der Waals surface area contributed by atoms with Crippen LogP contribution < -0.4 is 0 Å². The Hall–Kier alpha value is -3.28. The fourth-order valence-electron chi connectivity index (χ4n) is 5.00. The molecule has 0 spiro atoms. The Morgan fingerprint density at radius 3 is 2.18 bits per heavy atom. The average molecular weight is 527 g/mol. The largest absolute Gasteiger partial charge is 0.295 e. The molecule has 0 atom stereocenters. The maximum Gasteiger partial charge on any atom is 0.295 e. The van der Waals surface area contributed by atoms with E-state index >= 15 is 0 Å². The first-order valence-corrected chi connectivity index (χ1v) is 12.6. The van der Waals surface area contributed by atoms with E-state index in [1.54, 1.807) is 0 Å². The summed E-state index contributed by atoms with van der Waals surface area (Å²) in [4.78, 5) is 12.6. The van der Waals surface area contributed by atoms with Crippen molar-refractivity contribution in [3.63, 3.8) is 0 Å². The number of thiophene rings is 1. The monoisotopic (exact) mass is 526 g/mol. The van der Waals surface area contributed by atoms with Crippen LogP contribution >= 0.6 is 27.3 Å². The van der Waals surface area contributed by atoms with Crippen molar-refractivity contribution in [3.8, 4) is 11.1 Å². The first-order chi connectivity index (χ1) is 16.8. The average Bonchev–Trinajstić information content (AvgIpc) is 3.21. The lowest BCUT2D eigenvalue weighted by molar-refractivity contribution is -0.382. The molecule has 0 saturated carbocycles. The second-order valence-corrected chi connectivity index (χ2v) is 12.0. The van der Waals surface area contributed by atoms with Gasteiger partial charge in [-0.25, -0.2) is 0 Å². The number of rotatable bonds is 3. The number of hydrogen-bond acceptors (Lipinski definition) is 3. The van der Waals surface area contributed by atoms with Crippen molar-refractivity contribution in [2.45, 2.75) is 18.2 Å². The minimum absolute atomic E-state index is 0.105. The first-order valence-electron chi connectivity index (χ1n) is 11.5. The molecule has 0 unspecified atom stereocenters. The Balaban J connectivity index is 1.97. The quantitative estimate of drug-likeness (QED) is 0.131. The predicted octanol–water partition coefficient (Wildman–Crippen LogP) is 9.57. The maximum atomic E-state index is 12.9. The normalized spacial score (nSPS) is 12.6. The van der Waals surface area contributed by atoms with Crippen molar-refractivity contribution in [2.24, 2.45) is 0 Å². The number of hydrogen-bond donors (Lipinski definition) is 0. The van der Waals surface area contributed by atoms with Crippen LogP contribution in [-0.2, 0) is 4.32 Å². The van der Waals surface area contributed by atoms with Crippen LogP contribution in [0.5, 0.6) is 0 Å². The summed E-state index contributed by atoms with van der Waals surface area (Å²) < 4.78 is 10.1. The fraction of sp³-hybridized carbons (Fsp3) is 0.103. The third-order valence-corrected chi connectivity index (χ3v) is 7.97. The van der Waals surface area contributed by atoms with Gasteiger partial charge in [0, 0.05) is 25.4 Å². The molecule has 0 amide bonds. The highest BCUT2D eigenvalue weighted by atomic mass is 79.9. The molecule has 0 saturated heterocycles. The Morgan fingerprint density at radius 1 is 0.853 bits per heavy atom. The van der Waals surface area contributed by atoms with Crippen LogP contribution in [0.3, 0.4) is 0 Å². The Labute approximate surface area is 210 Å². The van der Waals surface area contributed by atoms with Crippen LogP contribution in [0.4, 0.5) is 5.69 Å². The Morgan fingerprint density at radius 2 is 1.47 bits per heavy atom. The fourth-order valence-corrected chi connectivity index (χ4v) is 6.56. The van der Waals surface area contributed by atoms with E-state index in [1.165, 1.54) is 11.3 Å². The highest BCUT2D eigenvalue weighted by Gasteiger charge is 2.32. The summed E-state index contributed by atoms with van der Waals surface area (Å²) >= 11 is 5.25. The standard InChI is InChI=1S/C29H20BrNO2S/c1-29(2,30)22-16-15-17-9-3-4-10-18(17)25(22)26-20-12-6-5-11-19(20)24-21-13-7-8-14-23(21)34-28(24)27(26)31(32)33/h3-16H,1-2H3/i16D. The minimum atomic E-state index is -0.576. The van der Waals surface area contributed by atoms with E-state index in [4.69, 9.17) is 1.37 Å². The third kappa shape index (κ3) is 3.07. The van der Waals surface area contributed by atoms with Crippen LogP contribution in [0, 0.1) is 10.1 Å². The van der Waals surface area contributed by atoms with E-state index in [0.717, 1.165) is 48.1 Å². The summed E-state index contributed by atoms with van der Waals surface area (Å²) in [6, 6.07) is 26.0. The SMILES string of the molecule is [2H]c1cc2ccccc2c(-c2c([N+](=O)[O-])c3sc4ccccc4c3c3ccccc23)c1C(C)(C)Br. The lowest BCUT2D eigenvalue weighted by Crippen LogP contribution is -2.10. The van der Waals surface area contributed by atoms with E-state index in [-0.39, 0.29) is 10.6 Å². The molecule has 5 heteroatoms. The summed E-state index contributed by atoms with van der Waals surface area (Å²) in [5.74, 6) is 0. The summed E-state index contributed by atoms with van der Waals surface area (Å²) in [5.41, 5.74) is 2.17. The smallest absolute Gasteiger partial charge is 0.258 e. The molecule has 0 N–H and O–H groups in total. The van der Waals surface area contributed by atoms with Crippen LogP contribution in [0.1, 0.15) is 20.8 Å². The number of nitrogens with zero attached hydrogens (tertiary/aromatic N) is 1. The lowest BCUT2D eigenvalue weighted by atomic mass is 9.84. The van der Waals surface area contributed by atoms with E-state index in [2.05, 4.69) is 22.0 Å². The molecular weight excluding hydrogens is 506 g/mol. The Kier molecular flexibility index (Phi) is 4.51. The first kappa shape index (κ1) is 20.1. The van der Waals surface area contributed by atoms with Gasteiger partial charge in [0.15, 0.2) is 0 Å². The number of benzene rings is 5. The van der Waals surface area contributed by atoms with Gasteiger partial charge in [0.25, 0.3) is 5.69 Å². The molecule has 0 bridgehead atoms. The zero-order chi connectivity index (χ0) is 24.5. The van der Waals surface area contributed by atoms with Crippen molar-refractivity contribution >= 4 is 74.7 Å². The van der Waals surface area contributed by atoms with Crippen molar-refractivity contribution in [2.75, 3.05) is 0 Å². The number of halogens is 1. The van der Waals surface area contributed by atoms with Gasteiger partial charge in [-0.3, -0.25) is 10.1 Å². The van der Waals surface area contributed by atoms with Gasteiger partial charge in [-0.2, -0.15) is 0 Å². The van der Waals surface area contributed by atoms with E-state index in [9.17, 15) is 10.1 Å². The van der Waals surface area contributed by atoms with Gasteiger partial charge in [0.05, 0.1) is 11.9 Å². The molecule has 6 rings (SSSR count). The van der Waals surface area contributed by atoms with Gasteiger partial charge in [0.1, 0.15) is 4.70 Å². The maximum absolute atomic E-state index is 12.9. The lowest BCUT2D eigenvalue weighted by Gasteiger charge is -2.24. The second kappa shape index (κ2) is 7.62. The molecule has 1 aromatic heterocycles. The highest BCUT2D eigenvalue weighted by Crippen LogP contribution is 2.52. The number of fused-ring (bicyclic) bond motifs is 6. The third-order valence-electron chi connectivity index (χ3n) is 6.39. The molecule has 166 valence electrons. The molecule has 34 heavy (non-hydrogen) atoms. The second-order valence-electron chi connectivity index (χ2n) is 8.93. The van der Waals surface area contributed by atoms with Crippen molar-refractivity contribution in [1.29, 1.82) is 0 Å². The van der Waals surface area contributed by atoms with Gasteiger partial charge in [-0.05, 0) is 47.0 Å². The molecule has 0 aliphatic heterocycles. The molecule has 3 nitrogen and oxygen atoms in total. The number of nitro benzene ring substituents is 1. The van der Waals surface area contributed by atoms with Crippen LogP contribution in [0.2, 0.25) is 0 Å². The summed E-state index contributed by atoms with van der Waals surface area (Å²) in [6.45, 7) is 3.98. The van der Waals surface area contributed by atoms with Crippen LogP contribution in [0.15, 0.2) is 84.9 Å². The summed E-state index contributed by atoms with van der Waals surface area (Å²) in [5, 5.41) is 18.4. The summed E-state index contributed by atoms with van der Waals surface area (Å²) in [6.07, 6.45) is 0. The van der Waals surface area contributed by atoms with E-state index < -0.39 is 4.32 Å². The van der Waals surface area contributed by atoms with Gasteiger partial charge in [-0.15, -0.1) is 11.3 Å². The van der Waals surface area contributed by atoms with Gasteiger partial charge in [-0.1, -0.05) is 94.8 Å². The molecule has 0 fully saturated rings. The molecule has 0 radical (unpaired) electrons. The topological polar surface area (TPSA) is 43.1 Å².